The van der Waals surface area contributed by atoms with E-state index in [9.17, 15) is 0 Å². The summed E-state index contributed by atoms with van der Waals surface area (Å²) in [6.07, 6.45) is 0. The molecule has 0 aliphatic carbocycles. The molecule has 2 aromatic rings. The van der Waals surface area contributed by atoms with Gasteiger partial charge in [0.1, 0.15) is 11.3 Å². The quantitative estimate of drug-likeness (QED) is 0.750. The summed E-state index contributed by atoms with van der Waals surface area (Å²) in [7, 11) is 0. The molecule has 2 atom stereocenters. The molecule has 0 saturated heterocycles. The van der Waals surface area contributed by atoms with Gasteiger partial charge < -0.3 is 4.57 Å². The molecular weight excluding hydrogens is 258 g/mol. The number of alkyl halides is 1. The summed E-state index contributed by atoms with van der Waals surface area (Å²) in [5.41, 5.74) is 2.98. The number of nitrogens with zero attached hydrogens (tertiary/aromatic N) is 3. The second kappa shape index (κ2) is 4.78. The zero-order chi connectivity index (χ0) is 14.4. The Kier molecular flexibility index (Phi) is 3.61. The van der Waals surface area contributed by atoms with Crippen LogP contribution < -0.4 is 0 Å². The maximum Gasteiger partial charge on any atom is 0.160 e. The third-order valence-electron chi connectivity index (χ3n) is 3.70. The Hall–Kier alpha value is -1.09. The third kappa shape index (κ3) is 2.62. The Morgan fingerprint density at radius 3 is 2.32 bits per heavy atom. The summed E-state index contributed by atoms with van der Waals surface area (Å²) in [5, 5.41) is -0.126. The van der Waals surface area contributed by atoms with Crippen molar-refractivity contribution in [1.82, 2.24) is 14.5 Å². The SMILES string of the molecule is Cc1ccc2nc(C(C)Cl)n(C(C)C(C)(C)C)c2n1. The lowest BCUT2D eigenvalue weighted by Gasteiger charge is -2.30. The van der Waals surface area contributed by atoms with Gasteiger partial charge in [-0.1, -0.05) is 20.8 Å². The molecule has 104 valence electrons. The van der Waals surface area contributed by atoms with E-state index in [1.54, 1.807) is 0 Å². The van der Waals surface area contributed by atoms with Crippen molar-refractivity contribution in [3.8, 4) is 0 Å². The van der Waals surface area contributed by atoms with Crippen LogP contribution in [0.1, 0.15) is 57.6 Å². The van der Waals surface area contributed by atoms with Gasteiger partial charge >= 0.3 is 0 Å². The number of imidazole rings is 1. The van der Waals surface area contributed by atoms with Crippen LogP contribution in [-0.4, -0.2) is 14.5 Å². The van der Waals surface area contributed by atoms with Gasteiger partial charge in [0.25, 0.3) is 0 Å². The predicted molar refractivity (Wildman–Crippen MR) is 80.7 cm³/mol. The first kappa shape index (κ1) is 14.3. The molecule has 19 heavy (non-hydrogen) atoms. The zero-order valence-electron chi connectivity index (χ0n) is 12.5. The van der Waals surface area contributed by atoms with E-state index in [4.69, 9.17) is 11.6 Å². The minimum atomic E-state index is -0.126. The normalized spacial score (nSPS) is 15.7. The fraction of sp³-hybridized carbons (Fsp3) is 0.600. The van der Waals surface area contributed by atoms with E-state index in [0.29, 0.717) is 0 Å². The number of aryl methyl sites for hydroxylation is 1. The molecular formula is C15H22ClN3. The highest BCUT2D eigenvalue weighted by atomic mass is 35.5. The van der Waals surface area contributed by atoms with Gasteiger partial charge in [0.15, 0.2) is 5.65 Å². The lowest BCUT2D eigenvalue weighted by Crippen LogP contribution is -2.23. The average molecular weight is 280 g/mol. The van der Waals surface area contributed by atoms with E-state index in [1.165, 1.54) is 0 Å². The smallest absolute Gasteiger partial charge is 0.160 e. The van der Waals surface area contributed by atoms with Crippen LogP contribution in [0.4, 0.5) is 0 Å². The molecule has 2 aromatic heterocycles. The van der Waals surface area contributed by atoms with Crippen LogP contribution in [0.3, 0.4) is 0 Å². The Balaban J connectivity index is 2.74. The summed E-state index contributed by atoms with van der Waals surface area (Å²) in [6.45, 7) is 12.8. The van der Waals surface area contributed by atoms with Gasteiger partial charge in [0.2, 0.25) is 0 Å². The average Bonchev–Trinajstić information content (AvgIpc) is 2.65. The minimum absolute atomic E-state index is 0.125. The summed E-state index contributed by atoms with van der Waals surface area (Å²) in [5.74, 6) is 0.900. The molecule has 3 nitrogen and oxygen atoms in total. The molecule has 4 heteroatoms. The first-order chi connectivity index (χ1) is 8.71. The third-order valence-corrected chi connectivity index (χ3v) is 3.90. The highest BCUT2D eigenvalue weighted by molar-refractivity contribution is 6.20. The summed E-state index contributed by atoms with van der Waals surface area (Å²) in [4.78, 5) is 9.31. The Labute approximate surface area is 120 Å². The Bertz CT molecular complexity index is 593. The molecule has 0 N–H and O–H groups in total. The number of aromatic nitrogens is 3. The summed E-state index contributed by atoms with van der Waals surface area (Å²) >= 11 is 6.30. The standard InChI is InChI=1S/C15H22ClN3/c1-9-7-8-12-14(17-9)19(11(3)15(4,5)6)13(18-12)10(2)16/h7-8,10-11H,1-6H3. The van der Waals surface area contributed by atoms with Crippen LogP contribution in [0, 0.1) is 12.3 Å². The topological polar surface area (TPSA) is 30.7 Å². The van der Waals surface area contributed by atoms with Gasteiger partial charge in [-0.3, -0.25) is 0 Å². The van der Waals surface area contributed by atoms with Crippen LogP contribution in [0.5, 0.6) is 0 Å². The lowest BCUT2D eigenvalue weighted by molar-refractivity contribution is 0.261. The molecule has 0 aliphatic rings. The van der Waals surface area contributed by atoms with Gasteiger partial charge in [-0.05, 0) is 38.3 Å². The highest BCUT2D eigenvalue weighted by Gasteiger charge is 2.27. The van der Waals surface area contributed by atoms with Crippen molar-refractivity contribution in [3.05, 3.63) is 23.7 Å². The molecule has 0 spiro atoms. The zero-order valence-corrected chi connectivity index (χ0v) is 13.3. The molecule has 2 rings (SSSR count). The molecule has 2 heterocycles. The highest BCUT2D eigenvalue weighted by Crippen LogP contribution is 2.36. The summed E-state index contributed by atoms with van der Waals surface area (Å²) < 4.78 is 2.19. The van der Waals surface area contributed by atoms with Gasteiger partial charge in [0.05, 0.1) is 5.38 Å². The van der Waals surface area contributed by atoms with Crippen molar-refractivity contribution in [3.63, 3.8) is 0 Å². The molecule has 0 aromatic carbocycles. The number of rotatable bonds is 2. The Morgan fingerprint density at radius 1 is 1.16 bits per heavy atom. The number of hydrogen-bond donors (Lipinski definition) is 0. The first-order valence-corrected chi connectivity index (χ1v) is 7.15. The molecule has 0 saturated carbocycles. The molecule has 0 aliphatic heterocycles. The minimum Gasteiger partial charge on any atom is -0.308 e. The predicted octanol–water partition coefficient (Wildman–Crippen LogP) is 4.65. The second-order valence-electron chi connectivity index (χ2n) is 6.29. The number of hydrogen-bond acceptors (Lipinski definition) is 2. The van der Waals surface area contributed by atoms with Crippen LogP contribution in [0.2, 0.25) is 0 Å². The van der Waals surface area contributed by atoms with Gasteiger partial charge in [0, 0.05) is 11.7 Å². The van der Waals surface area contributed by atoms with E-state index < -0.39 is 0 Å². The molecule has 0 fully saturated rings. The van der Waals surface area contributed by atoms with E-state index >= 15 is 0 Å². The van der Waals surface area contributed by atoms with Crippen molar-refractivity contribution in [2.45, 2.75) is 53.0 Å². The first-order valence-electron chi connectivity index (χ1n) is 6.71. The van der Waals surface area contributed by atoms with Crippen LogP contribution in [0.25, 0.3) is 11.2 Å². The van der Waals surface area contributed by atoms with Crippen molar-refractivity contribution >= 4 is 22.8 Å². The monoisotopic (exact) mass is 279 g/mol. The van der Waals surface area contributed by atoms with Crippen molar-refractivity contribution in [2.75, 3.05) is 0 Å². The Morgan fingerprint density at radius 2 is 1.79 bits per heavy atom. The molecule has 0 amide bonds. The van der Waals surface area contributed by atoms with E-state index in [-0.39, 0.29) is 16.8 Å². The van der Waals surface area contributed by atoms with Gasteiger partial charge in [-0.25, -0.2) is 9.97 Å². The van der Waals surface area contributed by atoms with E-state index in [2.05, 4.69) is 42.2 Å². The number of halogens is 1. The fourth-order valence-corrected chi connectivity index (χ4v) is 2.29. The van der Waals surface area contributed by atoms with Gasteiger partial charge in [-0.2, -0.15) is 0 Å². The number of pyridine rings is 1. The second-order valence-corrected chi connectivity index (χ2v) is 6.95. The maximum atomic E-state index is 6.30. The lowest BCUT2D eigenvalue weighted by atomic mass is 9.87. The molecule has 0 bridgehead atoms. The van der Waals surface area contributed by atoms with Crippen molar-refractivity contribution in [1.29, 1.82) is 0 Å². The summed E-state index contributed by atoms with van der Waals surface area (Å²) in [6, 6.07) is 4.29. The fourth-order valence-electron chi connectivity index (χ4n) is 2.14. The van der Waals surface area contributed by atoms with Crippen LogP contribution in [-0.2, 0) is 0 Å². The van der Waals surface area contributed by atoms with E-state index in [0.717, 1.165) is 22.7 Å². The number of fused-ring (bicyclic) bond motifs is 1. The van der Waals surface area contributed by atoms with Crippen LogP contribution >= 0.6 is 11.6 Å². The molecule has 2 unspecified atom stereocenters. The van der Waals surface area contributed by atoms with Crippen molar-refractivity contribution in [2.24, 2.45) is 5.41 Å². The van der Waals surface area contributed by atoms with Crippen LogP contribution in [0.15, 0.2) is 12.1 Å². The van der Waals surface area contributed by atoms with Crippen molar-refractivity contribution < 1.29 is 0 Å². The van der Waals surface area contributed by atoms with Gasteiger partial charge in [-0.15, -0.1) is 11.6 Å². The van der Waals surface area contributed by atoms with E-state index in [1.807, 2.05) is 26.0 Å². The largest absolute Gasteiger partial charge is 0.308 e. The maximum absolute atomic E-state index is 6.30. The molecule has 0 radical (unpaired) electrons.